The fourth-order valence-corrected chi connectivity index (χ4v) is 2.39. The molecule has 1 N–H and O–H groups in total. The maximum atomic E-state index is 5.34. The number of hydrogen-bond donors (Lipinski definition) is 1. The molecular weight excluding hydrogens is 188 g/mol. The van der Waals surface area contributed by atoms with Gasteiger partial charge in [-0.1, -0.05) is 6.92 Å². The van der Waals surface area contributed by atoms with Gasteiger partial charge in [-0.25, -0.2) is 0 Å². The van der Waals surface area contributed by atoms with Gasteiger partial charge in [0.05, 0.1) is 6.61 Å². The molecule has 2 aliphatic heterocycles. The van der Waals surface area contributed by atoms with E-state index in [4.69, 9.17) is 4.74 Å². The molecule has 2 aliphatic rings. The fourth-order valence-electron chi connectivity index (χ4n) is 2.39. The van der Waals surface area contributed by atoms with Crippen molar-refractivity contribution >= 4 is 0 Å². The molecule has 0 saturated carbocycles. The van der Waals surface area contributed by atoms with Gasteiger partial charge in [0.1, 0.15) is 0 Å². The third-order valence-electron chi connectivity index (χ3n) is 3.82. The second-order valence-corrected chi connectivity index (χ2v) is 5.05. The first kappa shape index (κ1) is 11.4. The van der Waals surface area contributed by atoms with E-state index in [1.165, 1.54) is 32.5 Å². The Balaban J connectivity index is 1.55. The van der Waals surface area contributed by atoms with Crippen molar-refractivity contribution in [2.45, 2.75) is 38.8 Å². The molecule has 0 aliphatic carbocycles. The number of rotatable bonds is 5. The lowest BCUT2D eigenvalue weighted by Gasteiger charge is -2.43. The summed E-state index contributed by atoms with van der Waals surface area (Å²) in [7, 11) is 0. The fraction of sp³-hybridized carbons (Fsp3) is 1.00. The quantitative estimate of drug-likeness (QED) is 0.738. The molecule has 3 nitrogen and oxygen atoms in total. The zero-order valence-electron chi connectivity index (χ0n) is 10.0. The van der Waals surface area contributed by atoms with Crippen LogP contribution in [-0.4, -0.2) is 49.8 Å². The molecule has 0 amide bonds. The Morgan fingerprint density at radius 2 is 2.27 bits per heavy atom. The van der Waals surface area contributed by atoms with E-state index >= 15 is 0 Å². The Morgan fingerprint density at radius 3 is 2.87 bits per heavy atom. The third kappa shape index (κ3) is 2.92. The molecule has 0 aromatic carbocycles. The topological polar surface area (TPSA) is 24.5 Å². The predicted molar refractivity (Wildman–Crippen MR) is 62.0 cm³/mol. The Labute approximate surface area is 93.2 Å². The summed E-state index contributed by atoms with van der Waals surface area (Å²) in [6, 6.07) is 1.40. The van der Waals surface area contributed by atoms with Crippen molar-refractivity contribution < 1.29 is 4.74 Å². The van der Waals surface area contributed by atoms with E-state index in [1.807, 2.05) is 0 Å². The van der Waals surface area contributed by atoms with Gasteiger partial charge in [-0.05, 0) is 25.7 Å². The first-order valence-corrected chi connectivity index (χ1v) is 6.34. The van der Waals surface area contributed by atoms with Gasteiger partial charge in [0.25, 0.3) is 0 Å². The number of ether oxygens (including phenoxy) is 1. The summed E-state index contributed by atoms with van der Waals surface area (Å²) in [4.78, 5) is 2.58. The van der Waals surface area contributed by atoms with E-state index in [-0.39, 0.29) is 0 Å². The SMILES string of the molecule is CCC(C)N1CC(CNC2CCOC2)C1. The first-order chi connectivity index (χ1) is 7.29. The van der Waals surface area contributed by atoms with Gasteiger partial charge in [-0.15, -0.1) is 0 Å². The summed E-state index contributed by atoms with van der Waals surface area (Å²) >= 11 is 0. The molecule has 3 heteroatoms. The highest BCUT2D eigenvalue weighted by molar-refractivity contribution is 4.85. The second kappa shape index (κ2) is 5.28. The van der Waals surface area contributed by atoms with Crippen LogP contribution in [0, 0.1) is 5.92 Å². The minimum atomic E-state index is 0.627. The summed E-state index contributed by atoms with van der Waals surface area (Å²) in [5, 5.41) is 3.61. The number of likely N-dealkylation sites (tertiary alicyclic amines) is 1. The van der Waals surface area contributed by atoms with Gasteiger partial charge in [0, 0.05) is 38.3 Å². The van der Waals surface area contributed by atoms with E-state index < -0.39 is 0 Å². The van der Waals surface area contributed by atoms with Crippen molar-refractivity contribution in [3.8, 4) is 0 Å². The van der Waals surface area contributed by atoms with Crippen molar-refractivity contribution in [3.05, 3.63) is 0 Å². The molecule has 0 spiro atoms. The third-order valence-corrected chi connectivity index (χ3v) is 3.82. The van der Waals surface area contributed by atoms with Gasteiger partial charge >= 0.3 is 0 Å². The van der Waals surface area contributed by atoms with E-state index in [0.29, 0.717) is 6.04 Å². The molecule has 0 radical (unpaired) electrons. The molecule has 2 heterocycles. The molecule has 2 rings (SSSR count). The maximum Gasteiger partial charge on any atom is 0.0620 e. The normalized spacial score (nSPS) is 30.4. The molecule has 15 heavy (non-hydrogen) atoms. The van der Waals surface area contributed by atoms with Crippen molar-refractivity contribution in [3.63, 3.8) is 0 Å². The van der Waals surface area contributed by atoms with E-state index in [2.05, 4.69) is 24.1 Å². The van der Waals surface area contributed by atoms with Crippen LogP contribution in [0.15, 0.2) is 0 Å². The van der Waals surface area contributed by atoms with Crippen LogP contribution >= 0.6 is 0 Å². The van der Waals surface area contributed by atoms with Gasteiger partial charge in [-0.2, -0.15) is 0 Å². The lowest BCUT2D eigenvalue weighted by atomic mass is 9.97. The molecule has 0 aromatic rings. The molecule has 2 fully saturated rings. The van der Waals surface area contributed by atoms with Crippen LogP contribution in [0.2, 0.25) is 0 Å². The van der Waals surface area contributed by atoms with Crippen LogP contribution < -0.4 is 5.32 Å². The first-order valence-electron chi connectivity index (χ1n) is 6.34. The lowest BCUT2D eigenvalue weighted by Crippen LogP contribution is -2.54. The van der Waals surface area contributed by atoms with E-state index in [0.717, 1.165) is 25.2 Å². The van der Waals surface area contributed by atoms with Crippen molar-refractivity contribution in [1.82, 2.24) is 10.2 Å². The zero-order valence-corrected chi connectivity index (χ0v) is 10.0. The summed E-state index contributed by atoms with van der Waals surface area (Å²) in [6.07, 6.45) is 2.47. The van der Waals surface area contributed by atoms with Crippen LogP contribution in [0.1, 0.15) is 26.7 Å². The Bertz CT molecular complexity index is 186. The molecular formula is C12H24N2O. The lowest BCUT2D eigenvalue weighted by molar-refractivity contribution is 0.0565. The van der Waals surface area contributed by atoms with E-state index in [1.54, 1.807) is 0 Å². The second-order valence-electron chi connectivity index (χ2n) is 5.05. The molecule has 2 atom stereocenters. The molecule has 0 bridgehead atoms. The predicted octanol–water partition coefficient (Wildman–Crippen LogP) is 1.10. The van der Waals surface area contributed by atoms with Gasteiger partial charge in [-0.3, -0.25) is 4.90 Å². The van der Waals surface area contributed by atoms with Crippen molar-refractivity contribution in [2.24, 2.45) is 5.92 Å². The Kier molecular flexibility index (Phi) is 4.00. The van der Waals surface area contributed by atoms with Crippen LogP contribution in [0.25, 0.3) is 0 Å². The maximum absolute atomic E-state index is 5.34. The Morgan fingerprint density at radius 1 is 1.47 bits per heavy atom. The van der Waals surface area contributed by atoms with Crippen molar-refractivity contribution in [1.29, 1.82) is 0 Å². The monoisotopic (exact) mass is 212 g/mol. The highest BCUT2D eigenvalue weighted by Crippen LogP contribution is 2.19. The summed E-state index contributed by atoms with van der Waals surface area (Å²) in [6.45, 7) is 10.2. The molecule has 2 unspecified atom stereocenters. The number of nitrogens with zero attached hydrogens (tertiary/aromatic N) is 1. The standard InChI is InChI=1S/C12H24N2O/c1-3-10(2)14-7-11(8-14)6-13-12-4-5-15-9-12/h10-13H,3-9H2,1-2H3. The average Bonchev–Trinajstić information content (AvgIpc) is 2.67. The average molecular weight is 212 g/mol. The van der Waals surface area contributed by atoms with Crippen LogP contribution in [0.4, 0.5) is 0 Å². The smallest absolute Gasteiger partial charge is 0.0620 e. The molecule has 2 saturated heterocycles. The van der Waals surface area contributed by atoms with Crippen LogP contribution in [-0.2, 0) is 4.74 Å². The number of nitrogens with one attached hydrogen (secondary N) is 1. The summed E-state index contributed by atoms with van der Waals surface area (Å²) in [5.41, 5.74) is 0. The zero-order chi connectivity index (χ0) is 10.7. The van der Waals surface area contributed by atoms with Crippen LogP contribution in [0.5, 0.6) is 0 Å². The molecule has 0 aromatic heterocycles. The highest BCUT2D eigenvalue weighted by atomic mass is 16.5. The highest BCUT2D eigenvalue weighted by Gasteiger charge is 2.29. The minimum Gasteiger partial charge on any atom is -0.380 e. The number of hydrogen-bond acceptors (Lipinski definition) is 3. The van der Waals surface area contributed by atoms with Crippen molar-refractivity contribution in [2.75, 3.05) is 32.8 Å². The summed E-state index contributed by atoms with van der Waals surface area (Å²) in [5.74, 6) is 0.875. The Hall–Kier alpha value is -0.120. The largest absolute Gasteiger partial charge is 0.380 e. The van der Waals surface area contributed by atoms with Gasteiger partial charge in [0.2, 0.25) is 0 Å². The summed E-state index contributed by atoms with van der Waals surface area (Å²) < 4.78 is 5.34. The van der Waals surface area contributed by atoms with E-state index in [9.17, 15) is 0 Å². The molecule has 88 valence electrons. The van der Waals surface area contributed by atoms with Gasteiger partial charge in [0.15, 0.2) is 0 Å². The minimum absolute atomic E-state index is 0.627. The van der Waals surface area contributed by atoms with Gasteiger partial charge < -0.3 is 10.1 Å². The van der Waals surface area contributed by atoms with Crippen LogP contribution in [0.3, 0.4) is 0 Å².